The van der Waals surface area contributed by atoms with Crippen LogP contribution in [0.25, 0.3) is 17.0 Å². The van der Waals surface area contributed by atoms with Crippen molar-refractivity contribution in [3.05, 3.63) is 89.2 Å². The standard InChI is InChI=1S/C27H27ClN4OS/c28-21-13-14-22-23(15-17-30-25(22)19-21)29-16-6-1-2-7-18-32-26(33)24(31-27(32)34)12-8-11-20-9-4-3-5-10-20/h3-5,8-15,17,19H,1-2,6-7,16,18H2,(H,29,30)(H,31,34)/b11-8+,24-12+. The molecule has 2 aromatic carbocycles. The Balaban J connectivity index is 1.17. The Morgan fingerprint density at radius 1 is 1.06 bits per heavy atom. The third kappa shape index (κ3) is 6.22. The molecule has 1 fully saturated rings. The molecule has 1 saturated heterocycles. The van der Waals surface area contributed by atoms with Crippen LogP contribution >= 0.6 is 23.8 Å². The number of nitrogens with zero attached hydrogens (tertiary/aromatic N) is 2. The van der Waals surface area contributed by atoms with Gasteiger partial charge in [0.2, 0.25) is 0 Å². The van der Waals surface area contributed by atoms with Crippen molar-refractivity contribution in [1.29, 1.82) is 0 Å². The zero-order valence-electron chi connectivity index (χ0n) is 18.8. The van der Waals surface area contributed by atoms with Crippen molar-refractivity contribution in [1.82, 2.24) is 15.2 Å². The molecule has 1 amide bonds. The van der Waals surface area contributed by atoms with Gasteiger partial charge in [0.05, 0.1) is 5.52 Å². The Morgan fingerprint density at radius 2 is 1.88 bits per heavy atom. The van der Waals surface area contributed by atoms with Gasteiger partial charge in [-0.05, 0) is 61.0 Å². The molecule has 1 aliphatic heterocycles. The zero-order valence-corrected chi connectivity index (χ0v) is 20.4. The molecule has 0 bridgehead atoms. The number of hydrogen-bond acceptors (Lipinski definition) is 4. The molecule has 3 aromatic rings. The molecule has 1 aliphatic rings. The minimum Gasteiger partial charge on any atom is -0.384 e. The predicted octanol–water partition coefficient (Wildman–Crippen LogP) is 6.17. The van der Waals surface area contributed by atoms with Crippen molar-refractivity contribution < 1.29 is 4.79 Å². The number of carbonyl (C=O) groups excluding carboxylic acids is 1. The number of fused-ring (bicyclic) bond motifs is 1. The predicted molar refractivity (Wildman–Crippen MR) is 145 cm³/mol. The van der Waals surface area contributed by atoms with Gasteiger partial charge in [-0.1, -0.05) is 66.9 Å². The van der Waals surface area contributed by atoms with Crippen LogP contribution in [0.2, 0.25) is 5.02 Å². The van der Waals surface area contributed by atoms with E-state index in [2.05, 4.69) is 15.6 Å². The number of halogens is 1. The quantitative estimate of drug-likeness (QED) is 0.202. The van der Waals surface area contributed by atoms with Gasteiger partial charge >= 0.3 is 0 Å². The van der Waals surface area contributed by atoms with Crippen molar-refractivity contribution in [3.63, 3.8) is 0 Å². The lowest BCUT2D eigenvalue weighted by Crippen LogP contribution is -2.31. The van der Waals surface area contributed by atoms with E-state index in [-0.39, 0.29) is 5.91 Å². The third-order valence-electron chi connectivity index (χ3n) is 5.64. The van der Waals surface area contributed by atoms with E-state index in [1.54, 1.807) is 17.2 Å². The molecule has 174 valence electrons. The number of allylic oxidation sites excluding steroid dienone is 2. The first-order valence-corrected chi connectivity index (χ1v) is 12.2. The van der Waals surface area contributed by atoms with E-state index in [1.807, 2.05) is 66.7 Å². The lowest BCUT2D eigenvalue weighted by atomic mass is 10.1. The first-order chi connectivity index (χ1) is 16.6. The second-order valence-corrected chi connectivity index (χ2v) is 8.92. The van der Waals surface area contributed by atoms with Crippen molar-refractivity contribution in [2.45, 2.75) is 25.7 Å². The van der Waals surface area contributed by atoms with Crippen LogP contribution in [0.5, 0.6) is 0 Å². The van der Waals surface area contributed by atoms with Gasteiger partial charge in [-0.15, -0.1) is 0 Å². The van der Waals surface area contributed by atoms with E-state index in [1.165, 1.54) is 0 Å². The van der Waals surface area contributed by atoms with Gasteiger partial charge in [0.15, 0.2) is 5.11 Å². The molecule has 0 radical (unpaired) electrons. The highest BCUT2D eigenvalue weighted by molar-refractivity contribution is 7.80. The summed E-state index contributed by atoms with van der Waals surface area (Å²) in [5, 5.41) is 8.77. The number of rotatable bonds is 10. The maximum Gasteiger partial charge on any atom is 0.276 e. The summed E-state index contributed by atoms with van der Waals surface area (Å²) in [6, 6.07) is 17.7. The number of carbonyl (C=O) groups is 1. The van der Waals surface area contributed by atoms with Crippen LogP contribution in [-0.4, -0.2) is 34.0 Å². The molecule has 0 saturated carbocycles. The fourth-order valence-corrected chi connectivity index (χ4v) is 4.31. The molecule has 4 rings (SSSR count). The van der Waals surface area contributed by atoms with Gasteiger partial charge in [-0.25, -0.2) is 0 Å². The highest BCUT2D eigenvalue weighted by atomic mass is 35.5. The van der Waals surface area contributed by atoms with Crippen molar-refractivity contribution >= 4 is 57.5 Å². The van der Waals surface area contributed by atoms with Gasteiger partial charge < -0.3 is 10.6 Å². The Hall–Kier alpha value is -3.22. The number of amides is 1. The molecule has 0 aliphatic carbocycles. The molecule has 7 heteroatoms. The zero-order chi connectivity index (χ0) is 23.8. The van der Waals surface area contributed by atoms with Crippen LogP contribution in [0.1, 0.15) is 31.2 Å². The number of pyridine rings is 1. The van der Waals surface area contributed by atoms with E-state index in [9.17, 15) is 4.79 Å². The summed E-state index contributed by atoms with van der Waals surface area (Å²) in [4.78, 5) is 18.7. The summed E-state index contributed by atoms with van der Waals surface area (Å²) in [6.45, 7) is 1.51. The van der Waals surface area contributed by atoms with Crippen LogP contribution < -0.4 is 10.6 Å². The summed E-state index contributed by atoms with van der Waals surface area (Å²) >= 11 is 11.4. The second-order valence-electron chi connectivity index (χ2n) is 8.10. The lowest BCUT2D eigenvalue weighted by Gasteiger charge is -2.13. The van der Waals surface area contributed by atoms with Crippen molar-refractivity contribution in [3.8, 4) is 0 Å². The molecule has 2 heterocycles. The molecular formula is C27H27ClN4OS. The van der Waals surface area contributed by atoms with Crippen LogP contribution in [0.4, 0.5) is 5.69 Å². The maximum absolute atomic E-state index is 12.7. The fraction of sp³-hybridized carbons (Fsp3) is 0.222. The summed E-state index contributed by atoms with van der Waals surface area (Å²) < 4.78 is 0. The highest BCUT2D eigenvalue weighted by Gasteiger charge is 2.29. The minimum atomic E-state index is -0.0611. The van der Waals surface area contributed by atoms with Crippen molar-refractivity contribution in [2.75, 3.05) is 18.4 Å². The van der Waals surface area contributed by atoms with Gasteiger partial charge in [-0.3, -0.25) is 14.7 Å². The van der Waals surface area contributed by atoms with Gasteiger partial charge in [0.1, 0.15) is 5.70 Å². The molecule has 0 atom stereocenters. The minimum absolute atomic E-state index is 0.0611. The Bertz CT molecular complexity index is 1230. The lowest BCUT2D eigenvalue weighted by molar-refractivity contribution is -0.122. The van der Waals surface area contributed by atoms with Crippen LogP contribution in [0.3, 0.4) is 0 Å². The number of nitrogens with one attached hydrogen (secondary N) is 2. The van der Waals surface area contributed by atoms with Crippen LogP contribution in [-0.2, 0) is 4.79 Å². The topological polar surface area (TPSA) is 57.3 Å². The summed E-state index contributed by atoms with van der Waals surface area (Å²) in [5.74, 6) is -0.0611. The molecular weight excluding hydrogens is 464 g/mol. The maximum atomic E-state index is 12.7. The number of thiocarbonyl (C=S) groups is 1. The third-order valence-corrected chi connectivity index (χ3v) is 6.20. The van der Waals surface area contributed by atoms with Gasteiger partial charge in [0.25, 0.3) is 5.91 Å². The summed E-state index contributed by atoms with van der Waals surface area (Å²) in [5.41, 5.74) is 3.56. The van der Waals surface area contributed by atoms with Gasteiger partial charge in [-0.2, -0.15) is 0 Å². The van der Waals surface area contributed by atoms with E-state index in [0.29, 0.717) is 22.4 Å². The highest BCUT2D eigenvalue weighted by Crippen LogP contribution is 2.24. The van der Waals surface area contributed by atoms with Crippen molar-refractivity contribution in [2.24, 2.45) is 0 Å². The average Bonchev–Trinajstić information content (AvgIpc) is 3.11. The Labute approximate surface area is 210 Å². The monoisotopic (exact) mass is 490 g/mol. The van der Waals surface area contributed by atoms with Crippen LogP contribution in [0, 0.1) is 0 Å². The molecule has 0 unspecified atom stereocenters. The van der Waals surface area contributed by atoms with E-state index < -0.39 is 0 Å². The molecule has 1 aromatic heterocycles. The second kappa shape index (κ2) is 11.8. The SMILES string of the molecule is O=C1/C(=C\C=C\c2ccccc2)NC(=S)N1CCCCCCNc1ccnc2cc(Cl)ccc12. The number of anilines is 1. The Kier molecular flexibility index (Phi) is 8.28. The summed E-state index contributed by atoms with van der Waals surface area (Å²) in [6.07, 6.45) is 11.5. The average molecular weight is 491 g/mol. The van der Waals surface area contributed by atoms with Gasteiger partial charge in [0, 0.05) is 35.4 Å². The smallest absolute Gasteiger partial charge is 0.276 e. The number of unbranched alkanes of at least 4 members (excludes halogenated alkanes) is 3. The molecule has 5 nitrogen and oxygen atoms in total. The first kappa shape index (κ1) is 23.9. The molecule has 0 spiro atoms. The van der Waals surface area contributed by atoms with E-state index >= 15 is 0 Å². The van der Waals surface area contributed by atoms with E-state index in [4.69, 9.17) is 23.8 Å². The van der Waals surface area contributed by atoms with E-state index in [0.717, 1.165) is 54.4 Å². The number of aromatic nitrogens is 1. The Morgan fingerprint density at radius 3 is 2.74 bits per heavy atom. The fourth-order valence-electron chi connectivity index (χ4n) is 3.86. The number of hydrogen-bond donors (Lipinski definition) is 2. The molecule has 34 heavy (non-hydrogen) atoms. The first-order valence-electron chi connectivity index (χ1n) is 11.5. The number of benzene rings is 2. The molecule has 2 N–H and O–H groups in total. The largest absolute Gasteiger partial charge is 0.384 e. The summed E-state index contributed by atoms with van der Waals surface area (Å²) in [7, 11) is 0. The van der Waals surface area contributed by atoms with Crippen LogP contribution in [0.15, 0.2) is 78.6 Å². The normalized spacial score (nSPS) is 15.0.